The number of piperidine rings is 1. The first-order chi connectivity index (χ1) is 9.44. The third kappa shape index (κ3) is 2.93. The first-order valence-electron chi connectivity index (χ1n) is 6.49. The van der Waals surface area contributed by atoms with Gasteiger partial charge in [0.25, 0.3) is 0 Å². The minimum absolute atomic E-state index is 0.109. The maximum atomic E-state index is 12.8. The van der Waals surface area contributed by atoms with Crippen molar-refractivity contribution in [1.29, 1.82) is 0 Å². The van der Waals surface area contributed by atoms with Crippen LogP contribution in [-0.4, -0.2) is 40.4 Å². The molecule has 1 aliphatic rings. The van der Waals surface area contributed by atoms with Gasteiger partial charge in [0.15, 0.2) is 0 Å². The van der Waals surface area contributed by atoms with Gasteiger partial charge in [0, 0.05) is 19.6 Å². The normalized spacial score (nSPS) is 20.1. The van der Waals surface area contributed by atoms with Gasteiger partial charge in [0.05, 0.1) is 10.6 Å². The number of hydrogen-bond acceptors (Lipinski definition) is 4. The number of hydrogen-bond donors (Lipinski definition) is 1. The average Bonchev–Trinajstić information content (AvgIpc) is 2.47. The van der Waals surface area contributed by atoms with Gasteiger partial charge >= 0.3 is 5.76 Å². The molecule has 1 aliphatic heterocycles. The lowest BCUT2D eigenvalue weighted by molar-refractivity contribution is 0.234. The second-order valence-corrected chi connectivity index (χ2v) is 6.77. The van der Waals surface area contributed by atoms with Crippen LogP contribution in [0.5, 0.6) is 0 Å². The molecule has 0 bridgehead atoms. The van der Waals surface area contributed by atoms with E-state index in [0.29, 0.717) is 5.69 Å². The van der Waals surface area contributed by atoms with E-state index in [4.69, 9.17) is 0 Å². The molecule has 7 heteroatoms. The number of sulfone groups is 1. The first kappa shape index (κ1) is 15.2. The molecule has 1 atom stereocenters. The lowest BCUT2D eigenvalue weighted by Gasteiger charge is -2.34. The number of nitrogens with zero attached hydrogens (tertiary/aromatic N) is 1. The first-order valence-corrected chi connectivity index (χ1v) is 8.04. The number of halogens is 2. The Morgan fingerprint density at radius 3 is 2.65 bits per heavy atom. The lowest BCUT2D eigenvalue weighted by atomic mass is 10.1. The monoisotopic (exact) mass is 304 g/mol. The van der Waals surface area contributed by atoms with E-state index in [-0.39, 0.29) is 10.9 Å². The summed E-state index contributed by atoms with van der Waals surface area (Å²) in [6, 6.07) is 6.05. The zero-order chi connectivity index (χ0) is 14.8. The molecule has 0 spiro atoms. The Bertz CT molecular complexity index is 557. The van der Waals surface area contributed by atoms with Crippen LogP contribution in [0.15, 0.2) is 29.2 Å². The van der Waals surface area contributed by atoms with Crippen LogP contribution in [0.25, 0.3) is 0 Å². The summed E-state index contributed by atoms with van der Waals surface area (Å²) in [5.41, 5.74) is 0.335. The number of rotatable bonds is 4. The SMILES string of the molecule is CN(c1ccccc1S(=O)(=O)C(F)F)C1CCCNC1. The highest BCUT2D eigenvalue weighted by molar-refractivity contribution is 7.91. The molecule has 4 nitrogen and oxygen atoms in total. The zero-order valence-electron chi connectivity index (χ0n) is 11.2. The van der Waals surface area contributed by atoms with Gasteiger partial charge in [-0.15, -0.1) is 0 Å². The van der Waals surface area contributed by atoms with Gasteiger partial charge in [-0.3, -0.25) is 0 Å². The van der Waals surface area contributed by atoms with Crippen LogP contribution in [0, 0.1) is 0 Å². The summed E-state index contributed by atoms with van der Waals surface area (Å²) < 4.78 is 49.0. The van der Waals surface area contributed by atoms with Gasteiger partial charge in [-0.05, 0) is 31.5 Å². The molecule has 0 radical (unpaired) electrons. The summed E-state index contributed by atoms with van der Waals surface area (Å²) in [5.74, 6) is -3.40. The molecule has 1 aromatic carbocycles. The summed E-state index contributed by atoms with van der Waals surface area (Å²) >= 11 is 0. The molecule has 20 heavy (non-hydrogen) atoms. The molecule has 0 amide bonds. The summed E-state index contributed by atoms with van der Waals surface area (Å²) in [6.07, 6.45) is 1.89. The van der Waals surface area contributed by atoms with Crippen molar-refractivity contribution in [1.82, 2.24) is 5.32 Å². The number of para-hydroxylation sites is 1. The van der Waals surface area contributed by atoms with Crippen LogP contribution in [0.2, 0.25) is 0 Å². The minimum atomic E-state index is -4.59. The summed E-state index contributed by atoms with van der Waals surface area (Å²) in [4.78, 5) is 1.48. The quantitative estimate of drug-likeness (QED) is 0.922. The second kappa shape index (κ2) is 6.05. The van der Waals surface area contributed by atoms with Crippen molar-refractivity contribution in [3.8, 4) is 0 Å². The molecular formula is C13H18F2N2O2S. The van der Waals surface area contributed by atoms with E-state index in [1.165, 1.54) is 12.1 Å². The van der Waals surface area contributed by atoms with Crippen molar-refractivity contribution < 1.29 is 17.2 Å². The van der Waals surface area contributed by atoms with E-state index >= 15 is 0 Å². The van der Waals surface area contributed by atoms with Crippen LogP contribution in [0.1, 0.15) is 12.8 Å². The Labute approximate surface area is 117 Å². The molecule has 0 aliphatic carbocycles. The Morgan fingerprint density at radius 2 is 2.05 bits per heavy atom. The van der Waals surface area contributed by atoms with Crippen LogP contribution < -0.4 is 10.2 Å². The molecule has 112 valence electrons. The number of likely N-dealkylation sites (N-methyl/N-ethyl adjacent to an activating group) is 1. The van der Waals surface area contributed by atoms with E-state index in [0.717, 1.165) is 25.9 Å². The molecule has 1 heterocycles. The number of anilines is 1. The Balaban J connectivity index is 2.37. The summed E-state index contributed by atoms with van der Waals surface area (Å²) in [5, 5.41) is 3.23. The molecule has 1 N–H and O–H groups in total. The van der Waals surface area contributed by atoms with Gasteiger partial charge < -0.3 is 10.2 Å². The van der Waals surface area contributed by atoms with Crippen LogP contribution in [0.3, 0.4) is 0 Å². The van der Waals surface area contributed by atoms with Gasteiger partial charge in [0.1, 0.15) is 0 Å². The molecule has 0 aromatic heterocycles. The van der Waals surface area contributed by atoms with Crippen molar-refractivity contribution in [2.75, 3.05) is 25.0 Å². The maximum Gasteiger partial charge on any atom is 0.341 e. The fraction of sp³-hybridized carbons (Fsp3) is 0.538. The van der Waals surface area contributed by atoms with E-state index in [2.05, 4.69) is 5.32 Å². The van der Waals surface area contributed by atoms with E-state index < -0.39 is 15.6 Å². The molecule has 1 fully saturated rings. The predicted octanol–water partition coefficient (Wildman–Crippen LogP) is 1.87. The standard InChI is InChI=1S/C13H18F2N2O2S/c1-17(10-5-4-8-16-9-10)11-6-2-3-7-12(11)20(18,19)13(14)15/h2-3,6-7,10,13,16H,4-5,8-9H2,1H3. The van der Waals surface area contributed by atoms with Gasteiger partial charge in [-0.2, -0.15) is 8.78 Å². The Hall–Kier alpha value is -1.21. The van der Waals surface area contributed by atoms with Crippen molar-refractivity contribution in [3.05, 3.63) is 24.3 Å². The maximum absolute atomic E-state index is 12.8. The van der Waals surface area contributed by atoms with Crippen molar-refractivity contribution in [2.45, 2.75) is 29.5 Å². The third-order valence-corrected chi connectivity index (χ3v) is 5.03. The summed E-state index contributed by atoms with van der Waals surface area (Å²) in [6.45, 7) is 1.65. The minimum Gasteiger partial charge on any atom is -0.369 e. The molecule has 1 aromatic rings. The molecule has 1 saturated heterocycles. The topological polar surface area (TPSA) is 49.4 Å². The van der Waals surface area contributed by atoms with Gasteiger partial charge in [0.2, 0.25) is 9.84 Å². The predicted molar refractivity (Wildman–Crippen MR) is 73.9 cm³/mol. The zero-order valence-corrected chi connectivity index (χ0v) is 12.0. The smallest absolute Gasteiger partial charge is 0.341 e. The average molecular weight is 304 g/mol. The van der Waals surface area contributed by atoms with Crippen molar-refractivity contribution >= 4 is 15.5 Å². The highest BCUT2D eigenvalue weighted by Gasteiger charge is 2.31. The molecule has 2 rings (SSSR count). The number of benzene rings is 1. The lowest BCUT2D eigenvalue weighted by Crippen LogP contribution is -2.44. The summed E-state index contributed by atoms with van der Waals surface area (Å²) in [7, 11) is -2.84. The van der Waals surface area contributed by atoms with Gasteiger partial charge in [-0.25, -0.2) is 8.42 Å². The molecular weight excluding hydrogens is 286 g/mol. The van der Waals surface area contributed by atoms with E-state index in [1.807, 2.05) is 0 Å². The Morgan fingerprint density at radius 1 is 1.35 bits per heavy atom. The van der Waals surface area contributed by atoms with Gasteiger partial charge in [-0.1, -0.05) is 12.1 Å². The van der Waals surface area contributed by atoms with Crippen molar-refractivity contribution in [2.24, 2.45) is 0 Å². The number of alkyl halides is 2. The molecule has 1 unspecified atom stereocenters. The highest BCUT2D eigenvalue weighted by Crippen LogP contribution is 2.30. The highest BCUT2D eigenvalue weighted by atomic mass is 32.2. The molecule has 0 saturated carbocycles. The van der Waals surface area contributed by atoms with E-state index in [9.17, 15) is 17.2 Å². The van der Waals surface area contributed by atoms with Crippen molar-refractivity contribution in [3.63, 3.8) is 0 Å². The Kier molecular flexibility index (Phi) is 4.59. The third-order valence-electron chi connectivity index (χ3n) is 3.60. The fourth-order valence-corrected chi connectivity index (χ4v) is 3.41. The largest absolute Gasteiger partial charge is 0.369 e. The second-order valence-electron chi connectivity index (χ2n) is 4.88. The number of nitrogens with one attached hydrogen (secondary N) is 1. The van der Waals surface area contributed by atoms with Crippen LogP contribution in [-0.2, 0) is 9.84 Å². The fourth-order valence-electron chi connectivity index (χ4n) is 2.45. The van der Waals surface area contributed by atoms with Crippen LogP contribution in [0.4, 0.5) is 14.5 Å². The van der Waals surface area contributed by atoms with E-state index in [1.54, 1.807) is 24.1 Å². The van der Waals surface area contributed by atoms with Crippen LogP contribution >= 0.6 is 0 Å².